The maximum Gasteiger partial charge on any atom is 0.230 e. The summed E-state index contributed by atoms with van der Waals surface area (Å²) in [7, 11) is 1.92. The lowest BCUT2D eigenvalue weighted by molar-refractivity contribution is 0.0391. The van der Waals surface area contributed by atoms with Crippen LogP contribution in [0.3, 0.4) is 0 Å². The highest BCUT2D eigenvalue weighted by Crippen LogP contribution is 2.53. The third kappa shape index (κ3) is 4.16. The first kappa shape index (κ1) is 21.1. The molecule has 5 rings (SSSR count). The average molecular weight is 437 g/mol. The first-order valence-electron chi connectivity index (χ1n) is 11.4. The Morgan fingerprint density at radius 3 is 2.75 bits per heavy atom. The van der Waals surface area contributed by atoms with Crippen LogP contribution in [0.15, 0.2) is 18.5 Å². The molecule has 8 heteroatoms. The monoisotopic (exact) mass is 436 g/mol. The highest BCUT2D eigenvalue weighted by Gasteiger charge is 2.44. The molecule has 8 nitrogen and oxygen atoms in total. The van der Waals surface area contributed by atoms with Gasteiger partial charge in [-0.15, -0.1) is 0 Å². The van der Waals surface area contributed by atoms with Crippen molar-refractivity contribution in [2.24, 2.45) is 18.4 Å². The molecule has 3 aromatic heterocycles. The number of aryl methyl sites for hydroxylation is 3. The minimum Gasteiger partial charge on any atom is -0.477 e. The van der Waals surface area contributed by atoms with Crippen LogP contribution in [0.5, 0.6) is 5.88 Å². The molecule has 2 atom stereocenters. The Morgan fingerprint density at radius 2 is 2.03 bits per heavy atom. The van der Waals surface area contributed by atoms with E-state index in [-0.39, 0.29) is 6.10 Å². The van der Waals surface area contributed by atoms with Gasteiger partial charge in [0.2, 0.25) is 11.8 Å². The second-order valence-corrected chi connectivity index (χ2v) is 9.87. The summed E-state index contributed by atoms with van der Waals surface area (Å²) < 4.78 is 14.0. The predicted molar refractivity (Wildman–Crippen MR) is 123 cm³/mol. The molecule has 170 valence electrons. The van der Waals surface area contributed by atoms with Crippen molar-refractivity contribution in [1.29, 1.82) is 0 Å². The molecule has 1 saturated carbocycles. The number of anilines is 1. The predicted octanol–water partition coefficient (Wildman–Crippen LogP) is 3.77. The fourth-order valence-corrected chi connectivity index (χ4v) is 4.46. The Hall–Kier alpha value is -2.74. The molecule has 0 bridgehead atoms. The molecule has 1 aliphatic heterocycles. The van der Waals surface area contributed by atoms with E-state index in [4.69, 9.17) is 24.4 Å². The topological polar surface area (TPSA) is 78.2 Å². The number of nitrogens with zero attached hydrogens (tertiary/aromatic N) is 6. The van der Waals surface area contributed by atoms with Crippen LogP contribution < -0.4 is 9.64 Å². The zero-order valence-electron chi connectivity index (χ0n) is 19.6. The molecule has 1 saturated heterocycles. The molecule has 0 radical (unpaired) electrons. The van der Waals surface area contributed by atoms with Crippen molar-refractivity contribution in [3.63, 3.8) is 0 Å². The Balaban J connectivity index is 1.42. The van der Waals surface area contributed by atoms with E-state index in [1.807, 2.05) is 26.4 Å². The van der Waals surface area contributed by atoms with E-state index in [0.29, 0.717) is 42.6 Å². The van der Waals surface area contributed by atoms with Crippen LogP contribution in [-0.2, 0) is 11.8 Å². The normalized spacial score (nSPS) is 22.3. The van der Waals surface area contributed by atoms with E-state index in [1.165, 1.54) is 6.42 Å². The lowest BCUT2D eigenvalue weighted by Gasteiger charge is -2.32. The highest BCUT2D eigenvalue weighted by molar-refractivity contribution is 5.82. The van der Waals surface area contributed by atoms with Gasteiger partial charge in [0.1, 0.15) is 6.10 Å². The van der Waals surface area contributed by atoms with Crippen molar-refractivity contribution in [2.45, 2.75) is 46.6 Å². The van der Waals surface area contributed by atoms with Gasteiger partial charge in [-0.25, -0.2) is 4.98 Å². The van der Waals surface area contributed by atoms with Gasteiger partial charge in [0, 0.05) is 31.0 Å². The fraction of sp³-hybridized carbons (Fsp3) is 0.583. The van der Waals surface area contributed by atoms with Gasteiger partial charge in [-0.1, -0.05) is 13.8 Å². The number of hydrogen-bond acceptors (Lipinski definition) is 7. The lowest BCUT2D eigenvalue weighted by atomic mass is 10.1. The average Bonchev–Trinajstić information content (AvgIpc) is 3.14. The first-order valence-corrected chi connectivity index (χ1v) is 11.4. The molecule has 4 heterocycles. The molecular weight excluding hydrogens is 404 g/mol. The van der Waals surface area contributed by atoms with Crippen molar-refractivity contribution >= 4 is 17.0 Å². The zero-order valence-corrected chi connectivity index (χ0v) is 19.6. The summed E-state index contributed by atoms with van der Waals surface area (Å²) in [4.78, 5) is 16.6. The molecule has 32 heavy (non-hydrogen) atoms. The zero-order chi connectivity index (χ0) is 22.5. The highest BCUT2D eigenvalue weighted by atomic mass is 16.5. The standard InChI is InChI=1S/C24H32N6O2/c1-15-10-19-21(26-16(15)2)27-23(28-22(19)32-8-6-18-11-24(18,3)4)30-7-9-31-20(14-30)17-12-25-29(5)13-17/h10,12-13,18,20H,6-9,11,14H2,1-5H3/t18-,20+/m1/s1. The van der Waals surface area contributed by atoms with Gasteiger partial charge in [-0.2, -0.15) is 15.1 Å². The molecule has 1 aliphatic carbocycles. The summed E-state index contributed by atoms with van der Waals surface area (Å²) in [5.74, 6) is 2.01. The maximum absolute atomic E-state index is 6.24. The quantitative estimate of drug-likeness (QED) is 0.582. The third-order valence-electron chi connectivity index (χ3n) is 6.95. The van der Waals surface area contributed by atoms with Crippen LogP contribution >= 0.6 is 0 Å². The van der Waals surface area contributed by atoms with Gasteiger partial charge in [0.05, 0.1) is 31.3 Å². The summed E-state index contributed by atoms with van der Waals surface area (Å²) in [5, 5.41) is 5.16. The number of morpholine rings is 1. The van der Waals surface area contributed by atoms with Gasteiger partial charge < -0.3 is 14.4 Å². The van der Waals surface area contributed by atoms with Crippen molar-refractivity contribution in [3.8, 4) is 5.88 Å². The van der Waals surface area contributed by atoms with Gasteiger partial charge >= 0.3 is 0 Å². The minimum absolute atomic E-state index is 0.0640. The summed E-state index contributed by atoms with van der Waals surface area (Å²) in [6.07, 6.45) is 6.11. The van der Waals surface area contributed by atoms with E-state index in [9.17, 15) is 0 Å². The number of fused-ring (bicyclic) bond motifs is 1. The summed E-state index contributed by atoms with van der Waals surface area (Å²) >= 11 is 0. The van der Waals surface area contributed by atoms with Gasteiger partial charge in [-0.05, 0) is 49.7 Å². The molecule has 0 N–H and O–H groups in total. The largest absolute Gasteiger partial charge is 0.477 e. The SMILES string of the molecule is Cc1cc2c(OCC[C@@H]3CC3(C)C)nc(N3CCO[C@H](c4cnn(C)c4)C3)nc2nc1C. The van der Waals surface area contributed by atoms with Crippen molar-refractivity contribution in [2.75, 3.05) is 31.2 Å². The number of aromatic nitrogens is 5. The van der Waals surface area contributed by atoms with Crippen LogP contribution in [0.1, 0.15) is 49.6 Å². The minimum atomic E-state index is -0.0640. The van der Waals surface area contributed by atoms with E-state index in [1.54, 1.807) is 4.68 Å². The van der Waals surface area contributed by atoms with Crippen LogP contribution in [-0.4, -0.2) is 51.0 Å². The number of hydrogen-bond donors (Lipinski definition) is 0. The van der Waals surface area contributed by atoms with Crippen LogP contribution in [0.2, 0.25) is 0 Å². The lowest BCUT2D eigenvalue weighted by Crippen LogP contribution is -2.39. The number of pyridine rings is 1. The smallest absolute Gasteiger partial charge is 0.230 e. The molecule has 2 fully saturated rings. The number of rotatable bonds is 6. The van der Waals surface area contributed by atoms with E-state index in [0.717, 1.165) is 41.1 Å². The fourth-order valence-electron chi connectivity index (χ4n) is 4.46. The molecule has 0 unspecified atom stereocenters. The van der Waals surface area contributed by atoms with Crippen molar-refractivity contribution < 1.29 is 9.47 Å². The van der Waals surface area contributed by atoms with Crippen LogP contribution in [0, 0.1) is 25.2 Å². The van der Waals surface area contributed by atoms with Gasteiger partial charge in [0.25, 0.3) is 0 Å². The molecule has 0 amide bonds. The third-order valence-corrected chi connectivity index (χ3v) is 6.95. The van der Waals surface area contributed by atoms with Gasteiger partial charge in [0.15, 0.2) is 5.65 Å². The second-order valence-electron chi connectivity index (χ2n) is 9.87. The van der Waals surface area contributed by atoms with E-state index >= 15 is 0 Å². The Kier molecular flexibility index (Phi) is 5.28. The van der Waals surface area contributed by atoms with Crippen LogP contribution in [0.25, 0.3) is 11.0 Å². The molecule has 3 aromatic rings. The maximum atomic E-state index is 6.24. The van der Waals surface area contributed by atoms with Crippen molar-refractivity contribution in [3.05, 3.63) is 35.3 Å². The number of ether oxygens (including phenoxy) is 2. The molecule has 2 aliphatic rings. The van der Waals surface area contributed by atoms with E-state index in [2.05, 4.69) is 36.8 Å². The Labute approximate surface area is 189 Å². The summed E-state index contributed by atoms with van der Waals surface area (Å²) in [6.45, 7) is 11.4. The van der Waals surface area contributed by atoms with Gasteiger partial charge in [-0.3, -0.25) is 4.68 Å². The Morgan fingerprint density at radius 1 is 1.22 bits per heavy atom. The summed E-state index contributed by atoms with van der Waals surface area (Å²) in [5.41, 5.74) is 4.29. The molecule has 0 spiro atoms. The first-order chi connectivity index (χ1) is 15.3. The van der Waals surface area contributed by atoms with E-state index < -0.39 is 0 Å². The van der Waals surface area contributed by atoms with Crippen LogP contribution in [0.4, 0.5) is 5.95 Å². The second kappa shape index (κ2) is 7.99. The Bertz CT molecular complexity index is 1140. The summed E-state index contributed by atoms with van der Waals surface area (Å²) in [6, 6.07) is 2.09. The molecular formula is C24H32N6O2. The molecule has 0 aromatic carbocycles. The van der Waals surface area contributed by atoms with Crippen molar-refractivity contribution in [1.82, 2.24) is 24.7 Å².